The van der Waals surface area contributed by atoms with Crippen molar-refractivity contribution in [1.29, 1.82) is 0 Å². The van der Waals surface area contributed by atoms with Crippen molar-refractivity contribution in [3.8, 4) is 5.69 Å². The van der Waals surface area contributed by atoms with Crippen molar-refractivity contribution >= 4 is 11.9 Å². The molecule has 1 aromatic carbocycles. The lowest BCUT2D eigenvalue weighted by Crippen LogP contribution is -2.34. The first-order valence-corrected chi connectivity index (χ1v) is 7.44. The number of carbonyl (C=O) groups is 2. The molecule has 0 radical (unpaired) electrons. The summed E-state index contributed by atoms with van der Waals surface area (Å²) in [6.07, 6.45) is -3.67. The lowest BCUT2D eigenvalue weighted by atomic mass is 9.96. The monoisotopic (exact) mass is 372 g/mol. The SMILES string of the molecule is O=C(O)[C@@H]1CN(C(=O)c2cnn(-c3ccc(F)cc3)n2)C[C@H]1C(F)(F)F. The Morgan fingerprint density at radius 1 is 1.15 bits per heavy atom. The summed E-state index contributed by atoms with van der Waals surface area (Å²) in [6.45, 7) is -1.33. The Labute approximate surface area is 143 Å². The number of halogens is 4. The number of hydrogen-bond acceptors (Lipinski definition) is 4. The van der Waals surface area contributed by atoms with E-state index in [-0.39, 0.29) is 5.69 Å². The minimum atomic E-state index is -4.73. The summed E-state index contributed by atoms with van der Waals surface area (Å²) in [5, 5.41) is 16.7. The summed E-state index contributed by atoms with van der Waals surface area (Å²) < 4.78 is 51.9. The van der Waals surface area contributed by atoms with E-state index in [1.807, 2.05) is 0 Å². The molecule has 1 fully saturated rings. The van der Waals surface area contributed by atoms with Gasteiger partial charge in [0.1, 0.15) is 5.82 Å². The molecule has 1 aliphatic rings. The molecule has 2 aromatic rings. The zero-order valence-electron chi connectivity index (χ0n) is 13.0. The van der Waals surface area contributed by atoms with Gasteiger partial charge >= 0.3 is 12.1 Å². The van der Waals surface area contributed by atoms with E-state index in [2.05, 4.69) is 10.2 Å². The molecule has 1 saturated heterocycles. The number of amides is 1. The first-order chi connectivity index (χ1) is 12.2. The number of aliphatic carboxylic acids is 1. The van der Waals surface area contributed by atoms with Crippen LogP contribution in [0.1, 0.15) is 10.5 Å². The Kier molecular flexibility index (Phi) is 4.38. The fourth-order valence-electron chi connectivity index (χ4n) is 2.77. The van der Waals surface area contributed by atoms with E-state index in [0.29, 0.717) is 5.69 Å². The van der Waals surface area contributed by atoms with Gasteiger partial charge in [-0.3, -0.25) is 9.59 Å². The maximum atomic E-state index is 13.0. The number of hydrogen-bond donors (Lipinski definition) is 1. The molecule has 0 saturated carbocycles. The predicted molar refractivity (Wildman–Crippen MR) is 77.9 cm³/mol. The number of rotatable bonds is 3. The van der Waals surface area contributed by atoms with E-state index >= 15 is 0 Å². The van der Waals surface area contributed by atoms with Crippen LogP contribution in [0.15, 0.2) is 30.5 Å². The molecule has 0 bridgehead atoms. The van der Waals surface area contributed by atoms with Gasteiger partial charge in [-0.1, -0.05) is 0 Å². The largest absolute Gasteiger partial charge is 0.481 e. The fraction of sp³-hybridized carbons (Fsp3) is 0.333. The van der Waals surface area contributed by atoms with Crippen LogP contribution in [0.25, 0.3) is 5.69 Å². The Morgan fingerprint density at radius 3 is 2.35 bits per heavy atom. The van der Waals surface area contributed by atoms with Crippen LogP contribution in [0.4, 0.5) is 17.6 Å². The van der Waals surface area contributed by atoms with Gasteiger partial charge in [-0.25, -0.2) is 4.39 Å². The lowest BCUT2D eigenvalue weighted by Gasteiger charge is -2.17. The van der Waals surface area contributed by atoms with Gasteiger partial charge in [0, 0.05) is 13.1 Å². The van der Waals surface area contributed by atoms with Crippen molar-refractivity contribution in [2.45, 2.75) is 6.18 Å². The van der Waals surface area contributed by atoms with Crippen LogP contribution >= 0.6 is 0 Å². The normalized spacial score (nSPS) is 20.4. The van der Waals surface area contributed by atoms with Gasteiger partial charge in [0.25, 0.3) is 5.91 Å². The second-order valence-electron chi connectivity index (χ2n) is 5.80. The first kappa shape index (κ1) is 17.8. The summed E-state index contributed by atoms with van der Waals surface area (Å²) in [7, 11) is 0. The summed E-state index contributed by atoms with van der Waals surface area (Å²) in [5.74, 6) is -6.82. The smallest absolute Gasteiger partial charge is 0.394 e. The zero-order chi connectivity index (χ0) is 19.1. The summed E-state index contributed by atoms with van der Waals surface area (Å²) >= 11 is 0. The molecule has 1 amide bonds. The van der Waals surface area contributed by atoms with E-state index in [0.717, 1.165) is 28.0 Å². The van der Waals surface area contributed by atoms with Crippen molar-refractivity contribution in [1.82, 2.24) is 19.9 Å². The molecular weight excluding hydrogens is 360 g/mol. The molecule has 1 N–H and O–H groups in total. The molecule has 3 rings (SSSR count). The Balaban J connectivity index is 1.80. The molecule has 0 unspecified atom stereocenters. The van der Waals surface area contributed by atoms with Crippen molar-refractivity contribution in [2.24, 2.45) is 11.8 Å². The number of aromatic nitrogens is 3. The number of benzene rings is 1. The second kappa shape index (κ2) is 6.39. The van der Waals surface area contributed by atoms with E-state index in [9.17, 15) is 27.2 Å². The maximum Gasteiger partial charge on any atom is 0.394 e. The van der Waals surface area contributed by atoms with Crippen LogP contribution in [0, 0.1) is 17.7 Å². The number of carboxylic acids is 1. The number of nitrogens with zero attached hydrogens (tertiary/aromatic N) is 4. The van der Waals surface area contributed by atoms with Crippen LogP contribution in [0.3, 0.4) is 0 Å². The van der Waals surface area contributed by atoms with Gasteiger partial charge in [-0.05, 0) is 24.3 Å². The Bertz CT molecular complexity index is 834. The highest BCUT2D eigenvalue weighted by Crippen LogP contribution is 2.38. The van der Waals surface area contributed by atoms with Gasteiger partial charge in [-0.2, -0.15) is 23.1 Å². The maximum absolute atomic E-state index is 13.0. The average molecular weight is 372 g/mol. The number of carbonyl (C=O) groups excluding carboxylic acids is 1. The van der Waals surface area contributed by atoms with Crippen LogP contribution in [0.2, 0.25) is 0 Å². The zero-order valence-corrected chi connectivity index (χ0v) is 13.0. The van der Waals surface area contributed by atoms with E-state index in [1.54, 1.807) is 0 Å². The lowest BCUT2D eigenvalue weighted by molar-refractivity contribution is -0.187. The van der Waals surface area contributed by atoms with Gasteiger partial charge in [-0.15, -0.1) is 5.10 Å². The summed E-state index contributed by atoms with van der Waals surface area (Å²) in [4.78, 5) is 25.3. The topological polar surface area (TPSA) is 88.3 Å². The summed E-state index contributed by atoms with van der Waals surface area (Å²) in [6, 6.07) is 5.04. The molecular formula is C15H12F4N4O3. The summed E-state index contributed by atoms with van der Waals surface area (Å²) in [5.41, 5.74) is 0.116. The molecule has 7 nitrogen and oxygen atoms in total. The quantitative estimate of drug-likeness (QED) is 0.830. The average Bonchev–Trinajstić information content (AvgIpc) is 3.22. The number of likely N-dealkylation sites (tertiary alicyclic amines) is 1. The van der Waals surface area contributed by atoms with Crippen LogP contribution < -0.4 is 0 Å². The highest BCUT2D eigenvalue weighted by Gasteiger charge is 2.53. The van der Waals surface area contributed by atoms with Crippen molar-refractivity contribution in [3.05, 3.63) is 42.0 Å². The first-order valence-electron chi connectivity index (χ1n) is 7.44. The molecule has 26 heavy (non-hydrogen) atoms. The minimum absolute atomic E-state index is 0.235. The van der Waals surface area contributed by atoms with E-state index in [4.69, 9.17) is 5.11 Å². The third-order valence-corrected chi connectivity index (χ3v) is 4.11. The van der Waals surface area contributed by atoms with Crippen molar-refractivity contribution < 1.29 is 32.3 Å². The third-order valence-electron chi connectivity index (χ3n) is 4.11. The van der Waals surface area contributed by atoms with Gasteiger partial charge in [0.15, 0.2) is 5.69 Å². The molecule has 0 aliphatic carbocycles. The second-order valence-corrected chi connectivity index (χ2v) is 5.80. The molecule has 138 valence electrons. The van der Waals surface area contributed by atoms with Crippen molar-refractivity contribution in [2.75, 3.05) is 13.1 Å². The number of carboxylic acid groups (broad SMARTS) is 1. The molecule has 0 spiro atoms. The van der Waals surface area contributed by atoms with Crippen LogP contribution in [-0.4, -0.2) is 56.1 Å². The van der Waals surface area contributed by atoms with Crippen LogP contribution in [0.5, 0.6) is 0 Å². The van der Waals surface area contributed by atoms with Crippen LogP contribution in [-0.2, 0) is 4.79 Å². The van der Waals surface area contributed by atoms with E-state index < -0.39 is 48.8 Å². The molecule has 1 aliphatic heterocycles. The molecule has 1 aromatic heterocycles. The van der Waals surface area contributed by atoms with Gasteiger partial charge < -0.3 is 10.0 Å². The standard InChI is InChI=1S/C15H12F4N4O3/c16-8-1-3-9(4-2-8)23-20-5-12(21-23)13(24)22-6-10(14(25)26)11(7-22)15(17,18)19/h1-5,10-11H,6-7H2,(H,25,26)/t10-,11-/m1/s1. The van der Waals surface area contributed by atoms with Gasteiger partial charge in [0.2, 0.25) is 0 Å². The predicted octanol–water partition coefficient (Wildman–Crippen LogP) is 1.74. The third kappa shape index (κ3) is 3.37. The minimum Gasteiger partial charge on any atom is -0.481 e. The van der Waals surface area contributed by atoms with Crippen molar-refractivity contribution in [3.63, 3.8) is 0 Å². The Morgan fingerprint density at radius 2 is 1.81 bits per heavy atom. The molecule has 2 atom stereocenters. The Hall–Kier alpha value is -2.98. The van der Waals surface area contributed by atoms with Gasteiger partial charge in [0.05, 0.1) is 23.7 Å². The molecule has 2 heterocycles. The fourth-order valence-corrected chi connectivity index (χ4v) is 2.77. The highest BCUT2D eigenvalue weighted by molar-refractivity contribution is 5.92. The number of alkyl halides is 3. The van der Waals surface area contributed by atoms with E-state index in [1.165, 1.54) is 12.1 Å². The molecule has 11 heteroatoms. The highest BCUT2D eigenvalue weighted by atomic mass is 19.4.